The molecule has 0 aliphatic carbocycles. The first-order valence-electron chi connectivity index (χ1n) is 8.48. The molecule has 2 bridgehead atoms. The molecule has 2 aromatic rings. The zero-order chi connectivity index (χ0) is 16.7. The van der Waals surface area contributed by atoms with Crippen LogP contribution in [0.3, 0.4) is 0 Å². The Kier molecular flexibility index (Phi) is 3.76. The monoisotopic (exact) mass is 326 g/mol. The Hall–Kier alpha value is -2.34. The number of aromatic nitrogens is 1. The van der Waals surface area contributed by atoms with Crippen LogP contribution in [0, 0.1) is 5.92 Å². The molecule has 0 spiro atoms. The highest BCUT2D eigenvalue weighted by Crippen LogP contribution is 2.32. The smallest absolute Gasteiger partial charge is 0.307 e. The standard InChI is InChI=1S/C18H22N4O2/c1-11-16(13-6-8-22(11)9-7-13)21-17(23)18-20-10-15(24-18)12-2-4-14(19)5-3-12/h2-5,10-11,13,16H,6-9,19H2,1H3,(H,21,23)/t11-,16+/m1/s1. The Labute approximate surface area is 141 Å². The van der Waals surface area contributed by atoms with Crippen LogP contribution in [0.1, 0.15) is 30.5 Å². The van der Waals surface area contributed by atoms with Gasteiger partial charge in [-0.1, -0.05) is 0 Å². The molecular formula is C18H22N4O2. The summed E-state index contributed by atoms with van der Waals surface area (Å²) in [6.45, 7) is 4.46. The lowest BCUT2D eigenvalue weighted by Crippen LogP contribution is -2.62. The van der Waals surface area contributed by atoms with Crippen molar-refractivity contribution in [2.24, 2.45) is 5.92 Å². The fourth-order valence-electron chi connectivity index (χ4n) is 3.92. The highest BCUT2D eigenvalue weighted by atomic mass is 16.4. The quantitative estimate of drug-likeness (QED) is 0.844. The number of carbonyl (C=O) groups excluding carboxylic acids is 1. The minimum absolute atomic E-state index is 0.116. The largest absolute Gasteiger partial charge is 0.432 e. The van der Waals surface area contributed by atoms with Crippen LogP contribution < -0.4 is 11.1 Å². The van der Waals surface area contributed by atoms with E-state index in [1.165, 1.54) is 0 Å². The van der Waals surface area contributed by atoms with Crippen LogP contribution >= 0.6 is 0 Å². The van der Waals surface area contributed by atoms with Gasteiger partial charge in [0.1, 0.15) is 0 Å². The van der Waals surface area contributed by atoms with E-state index in [1.54, 1.807) is 18.3 Å². The average molecular weight is 326 g/mol. The Morgan fingerprint density at radius 1 is 1.29 bits per heavy atom. The summed E-state index contributed by atoms with van der Waals surface area (Å²) in [4.78, 5) is 19.1. The molecular weight excluding hydrogens is 304 g/mol. The average Bonchev–Trinajstić information content (AvgIpc) is 3.09. The second-order valence-corrected chi connectivity index (χ2v) is 6.76. The van der Waals surface area contributed by atoms with E-state index < -0.39 is 0 Å². The molecule has 3 aliphatic heterocycles. The minimum Gasteiger partial charge on any atom is -0.432 e. The molecule has 3 saturated heterocycles. The third-order valence-electron chi connectivity index (χ3n) is 5.37. The molecule has 0 saturated carbocycles. The van der Waals surface area contributed by atoms with Gasteiger partial charge in [0.15, 0.2) is 5.76 Å². The molecule has 24 heavy (non-hydrogen) atoms. The molecule has 6 heteroatoms. The Morgan fingerprint density at radius 2 is 2.00 bits per heavy atom. The van der Waals surface area contributed by atoms with Crippen molar-refractivity contribution in [3.63, 3.8) is 0 Å². The maximum atomic E-state index is 12.5. The van der Waals surface area contributed by atoms with Crippen molar-refractivity contribution in [3.8, 4) is 11.3 Å². The number of nitrogens with two attached hydrogens (primary N) is 1. The predicted octanol–water partition coefficient (Wildman–Crippen LogP) is 2.14. The van der Waals surface area contributed by atoms with Gasteiger partial charge in [0.05, 0.1) is 6.20 Å². The summed E-state index contributed by atoms with van der Waals surface area (Å²) in [6.07, 6.45) is 3.88. The normalized spacial score (nSPS) is 28.7. The molecule has 1 aromatic heterocycles. The number of nitrogens with zero attached hydrogens (tertiary/aromatic N) is 2. The van der Waals surface area contributed by atoms with Gasteiger partial charge >= 0.3 is 5.91 Å². The van der Waals surface area contributed by atoms with Crippen molar-refractivity contribution in [1.29, 1.82) is 0 Å². The first-order chi connectivity index (χ1) is 11.6. The topological polar surface area (TPSA) is 84.4 Å². The summed E-state index contributed by atoms with van der Waals surface area (Å²) in [5, 5.41) is 3.13. The van der Waals surface area contributed by atoms with Gasteiger partial charge in [-0.2, -0.15) is 0 Å². The SMILES string of the molecule is C[C@@H]1[C@H](NC(=O)c2ncc(-c3ccc(N)cc3)o2)C2CCN1CC2. The summed E-state index contributed by atoms with van der Waals surface area (Å²) in [5.74, 6) is 1.01. The van der Waals surface area contributed by atoms with E-state index in [9.17, 15) is 4.79 Å². The summed E-state index contributed by atoms with van der Waals surface area (Å²) < 4.78 is 5.65. The Bertz CT molecular complexity index is 730. The van der Waals surface area contributed by atoms with Crippen LogP contribution in [-0.4, -0.2) is 41.0 Å². The number of anilines is 1. The minimum atomic E-state index is -0.234. The van der Waals surface area contributed by atoms with Crippen LogP contribution in [0.25, 0.3) is 11.3 Å². The van der Waals surface area contributed by atoms with E-state index >= 15 is 0 Å². The number of nitrogens with one attached hydrogen (secondary N) is 1. The first-order valence-corrected chi connectivity index (χ1v) is 8.48. The molecule has 3 aliphatic rings. The van der Waals surface area contributed by atoms with E-state index in [0.717, 1.165) is 31.5 Å². The van der Waals surface area contributed by atoms with Gasteiger partial charge in [-0.3, -0.25) is 9.69 Å². The number of piperidine rings is 3. The molecule has 6 nitrogen and oxygen atoms in total. The van der Waals surface area contributed by atoms with Crippen molar-refractivity contribution < 1.29 is 9.21 Å². The maximum absolute atomic E-state index is 12.5. The van der Waals surface area contributed by atoms with Gasteiger partial charge < -0.3 is 15.5 Å². The van der Waals surface area contributed by atoms with Crippen LogP contribution in [0.5, 0.6) is 0 Å². The lowest BCUT2D eigenvalue weighted by Gasteiger charge is -2.49. The van der Waals surface area contributed by atoms with Gasteiger partial charge in [0, 0.05) is 23.3 Å². The number of benzene rings is 1. The van der Waals surface area contributed by atoms with E-state index in [-0.39, 0.29) is 17.8 Å². The van der Waals surface area contributed by atoms with Crippen molar-refractivity contribution >= 4 is 11.6 Å². The fourth-order valence-corrected chi connectivity index (χ4v) is 3.92. The Balaban J connectivity index is 1.48. The molecule has 3 N–H and O–H groups in total. The number of oxazole rings is 1. The van der Waals surface area contributed by atoms with Crippen LogP contribution in [0.15, 0.2) is 34.9 Å². The zero-order valence-corrected chi connectivity index (χ0v) is 13.7. The number of rotatable bonds is 3. The summed E-state index contributed by atoms with van der Waals surface area (Å²) in [6, 6.07) is 7.85. The summed E-state index contributed by atoms with van der Waals surface area (Å²) in [7, 11) is 0. The maximum Gasteiger partial charge on any atom is 0.307 e. The highest BCUT2D eigenvalue weighted by molar-refractivity contribution is 5.90. The molecule has 0 radical (unpaired) electrons. The van der Waals surface area contributed by atoms with Gasteiger partial charge in [-0.15, -0.1) is 0 Å². The number of amides is 1. The van der Waals surface area contributed by atoms with Crippen molar-refractivity contribution in [2.45, 2.75) is 31.8 Å². The van der Waals surface area contributed by atoms with E-state index in [0.29, 0.717) is 23.4 Å². The number of hydrogen-bond acceptors (Lipinski definition) is 5. The number of nitrogen functional groups attached to an aromatic ring is 1. The lowest BCUT2D eigenvalue weighted by atomic mass is 9.79. The second-order valence-electron chi connectivity index (χ2n) is 6.76. The second kappa shape index (κ2) is 5.94. The van der Waals surface area contributed by atoms with Gasteiger partial charge in [0.2, 0.25) is 0 Å². The molecule has 5 rings (SSSR count). The zero-order valence-electron chi connectivity index (χ0n) is 13.7. The van der Waals surface area contributed by atoms with Crippen LogP contribution in [0.2, 0.25) is 0 Å². The third-order valence-corrected chi connectivity index (χ3v) is 5.37. The van der Waals surface area contributed by atoms with E-state index in [1.807, 2.05) is 12.1 Å². The molecule has 1 amide bonds. The summed E-state index contributed by atoms with van der Waals surface area (Å²) in [5.41, 5.74) is 7.23. The highest BCUT2D eigenvalue weighted by Gasteiger charge is 2.40. The summed E-state index contributed by atoms with van der Waals surface area (Å²) >= 11 is 0. The van der Waals surface area contributed by atoms with E-state index in [2.05, 4.69) is 22.1 Å². The van der Waals surface area contributed by atoms with Gasteiger partial charge in [0.25, 0.3) is 5.89 Å². The fraction of sp³-hybridized carbons (Fsp3) is 0.444. The molecule has 4 heterocycles. The number of fused-ring (bicyclic) bond motifs is 3. The predicted molar refractivity (Wildman–Crippen MR) is 91.4 cm³/mol. The molecule has 0 unspecified atom stereocenters. The molecule has 3 fully saturated rings. The lowest BCUT2D eigenvalue weighted by molar-refractivity contribution is 0.0210. The van der Waals surface area contributed by atoms with Gasteiger partial charge in [-0.25, -0.2) is 4.98 Å². The number of hydrogen-bond donors (Lipinski definition) is 2. The Morgan fingerprint density at radius 3 is 2.67 bits per heavy atom. The van der Waals surface area contributed by atoms with Crippen molar-refractivity contribution in [1.82, 2.24) is 15.2 Å². The van der Waals surface area contributed by atoms with Crippen molar-refractivity contribution in [3.05, 3.63) is 36.4 Å². The van der Waals surface area contributed by atoms with Crippen LogP contribution in [-0.2, 0) is 0 Å². The molecule has 2 atom stereocenters. The molecule has 1 aromatic carbocycles. The number of carbonyl (C=O) groups is 1. The third kappa shape index (κ3) is 2.67. The van der Waals surface area contributed by atoms with E-state index in [4.69, 9.17) is 10.2 Å². The first kappa shape index (κ1) is 15.2. The van der Waals surface area contributed by atoms with Crippen LogP contribution in [0.4, 0.5) is 5.69 Å². The molecule has 126 valence electrons. The van der Waals surface area contributed by atoms with Crippen molar-refractivity contribution in [2.75, 3.05) is 18.8 Å². The van der Waals surface area contributed by atoms with Gasteiger partial charge in [-0.05, 0) is 63.0 Å².